The van der Waals surface area contributed by atoms with Gasteiger partial charge in [0.15, 0.2) is 10.8 Å². The van der Waals surface area contributed by atoms with Crippen molar-refractivity contribution in [1.29, 1.82) is 0 Å². The number of carbonyl (C=O) groups excluding carboxylic acids is 1. The minimum atomic E-state index is -0.329. The Kier molecular flexibility index (Phi) is 4.06. The normalized spacial score (nSPS) is 10.3. The molecule has 0 aromatic carbocycles. The van der Waals surface area contributed by atoms with Crippen LogP contribution in [0.25, 0.3) is 0 Å². The van der Waals surface area contributed by atoms with Crippen molar-refractivity contribution in [3.63, 3.8) is 0 Å². The Balaban J connectivity index is 2.07. The van der Waals surface area contributed by atoms with Crippen molar-refractivity contribution in [2.24, 2.45) is 0 Å². The van der Waals surface area contributed by atoms with E-state index >= 15 is 0 Å². The first-order valence-electron chi connectivity index (χ1n) is 5.82. The van der Waals surface area contributed by atoms with Crippen LogP contribution in [-0.4, -0.2) is 27.7 Å². The van der Waals surface area contributed by atoms with Crippen molar-refractivity contribution in [1.82, 2.24) is 15.2 Å². The van der Waals surface area contributed by atoms with Gasteiger partial charge < -0.3 is 4.74 Å². The highest BCUT2D eigenvalue weighted by molar-refractivity contribution is 7.15. The highest BCUT2D eigenvalue weighted by atomic mass is 32.1. The van der Waals surface area contributed by atoms with Crippen LogP contribution in [-0.2, 0) is 0 Å². The molecule has 0 saturated carbocycles. The average molecular weight is 278 g/mol. The lowest BCUT2D eigenvalue weighted by atomic mass is 10.4. The predicted octanol–water partition coefficient (Wildman–Crippen LogP) is 2.20. The van der Waals surface area contributed by atoms with Crippen molar-refractivity contribution < 1.29 is 9.53 Å². The van der Waals surface area contributed by atoms with Crippen molar-refractivity contribution in [2.75, 3.05) is 11.9 Å². The fourth-order valence-electron chi connectivity index (χ4n) is 1.35. The van der Waals surface area contributed by atoms with Crippen LogP contribution in [0.3, 0.4) is 0 Å². The topological polar surface area (TPSA) is 77.0 Å². The van der Waals surface area contributed by atoms with Crippen molar-refractivity contribution >= 4 is 22.4 Å². The molecule has 0 aliphatic carbocycles. The van der Waals surface area contributed by atoms with E-state index in [-0.39, 0.29) is 11.6 Å². The number of aromatic nitrogens is 3. The zero-order valence-electron chi connectivity index (χ0n) is 10.9. The number of hydrogen-bond donors (Lipinski definition) is 1. The summed E-state index contributed by atoms with van der Waals surface area (Å²) < 4.78 is 5.16. The van der Waals surface area contributed by atoms with Crippen molar-refractivity contribution in [3.8, 4) is 5.88 Å². The number of amides is 1. The van der Waals surface area contributed by atoms with Crippen LogP contribution >= 0.6 is 11.3 Å². The van der Waals surface area contributed by atoms with Crippen LogP contribution in [0, 0.1) is 13.8 Å². The molecule has 0 bridgehead atoms. The molecule has 19 heavy (non-hydrogen) atoms. The number of nitrogens with one attached hydrogen (secondary N) is 1. The molecule has 0 fully saturated rings. The van der Waals surface area contributed by atoms with E-state index in [0.29, 0.717) is 17.6 Å². The third kappa shape index (κ3) is 3.25. The van der Waals surface area contributed by atoms with E-state index in [1.54, 1.807) is 12.1 Å². The van der Waals surface area contributed by atoms with Crippen LogP contribution in [0.1, 0.15) is 28.0 Å². The van der Waals surface area contributed by atoms with E-state index in [4.69, 9.17) is 4.74 Å². The zero-order chi connectivity index (χ0) is 13.8. The zero-order valence-corrected chi connectivity index (χ0v) is 11.7. The first kappa shape index (κ1) is 13.4. The summed E-state index contributed by atoms with van der Waals surface area (Å²) in [6.07, 6.45) is 0. The molecule has 7 heteroatoms. The monoisotopic (exact) mass is 278 g/mol. The van der Waals surface area contributed by atoms with Crippen LogP contribution in [0.4, 0.5) is 5.13 Å². The van der Waals surface area contributed by atoms with Gasteiger partial charge in [-0.3, -0.25) is 10.1 Å². The van der Waals surface area contributed by atoms with E-state index in [1.807, 2.05) is 20.8 Å². The number of thiazole rings is 1. The standard InChI is InChI=1S/C12H14N4O2S/c1-4-18-10-6-5-9(15-16-10)11(17)14-12-13-7(2)8(3)19-12/h5-6H,4H2,1-3H3,(H,13,14,17). The molecule has 6 nitrogen and oxygen atoms in total. The number of hydrogen-bond acceptors (Lipinski definition) is 6. The van der Waals surface area contributed by atoms with Gasteiger partial charge in [0.05, 0.1) is 12.3 Å². The van der Waals surface area contributed by atoms with Gasteiger partial charge in [-0.1, -0.05) is 0 Å². The van der Waals surface area contributed by atoms with E-state index in [1.165, 1.54) is 11.3 Å². The Morgan fingerprint density at radius 1 is 1.37 bits per heavy atom. The molecule has 0 atom stereocenters. The molecule has 2 aromatic heterocycles. The largest absolute Gasteiger partial charge is 0.477 e. The van der Waals surface area contributed by atoms with Crippen LogP contribution in [0.5, 0.6) is 5.88 Å². The van der Waals surface area contributed by atoms with Gasteiger partial charge >= 0.3 is 0 Å². The van der Waals surface area contributed by atoms with Crippen molar-refractivity contribution in [3.05, 3.63) is 28.4 Å². The second kappa shape index (κ2) is 5.75. The summed E-state index contributed by atoms with van der Waals surface area (Å²) in [4.78, 5) is 17.2. The second-order valence-electron chi connectivity index (χ2n) is 3.80. The maximum Gasteiger partial charge on any atom is 0.277 e. The molecule has 2 heterocycles. The Labute approximate surface area is 114 Å². The number of nitrogens with zero attached hydrogens (tertiary/aromatic N) is 3. The lowest BCUT2D eigenvalue weighted by Crippen LogP contribution is -2.14. The summed E-state index contributed by atoms with van der Waals surface area (Å²) >= 11 is 1.43. The van der Waals surface area contributed by atoms with E-state index < -0.39 is 0 Å². The Morgan fingerprint density at radius 2 is 2.16 bits per heavy atom. The molecule has 100 valence electrons. The smallest absolute Gasteiger partial charge is 0.277 e. The molecular formula is C12H14N4O2S. The fourth-order valence-corrected chi connectivity index (χ4v) is 2.16. The minimum absolute atomic E-state index is 0.231. The predicted molar refractivity (Wildman–Crippen MR) is 72.7 cm³/mol. The molecular weight excluding hydrogens is 264 g/mol. The highest BCUT2D eigenvalue weighted by Gasteiger charge is 2.12. The molecule has 0 aliphatic heterocycles. The first-order valence-corrected chi connectivity index (χ1v) is 6.63. The number of ether oxygens (including phenoxy) is 1. The van der Waals surface area contributed by atoms with E-state index in [9.17, 15) is 4.79 Å². The summed E-state index contributed by atoms with van der Waals surface area (Å²) in [6.45, 7) is 6.23. The molecule has 0 aliphatic rings. The molecule has 2 aromatic rings. The van der Waals surface area contributed by atoms with Gasteiger partial charge in [0.25, 0.3) is 5.91 Å². The summed E-state index contributed by atoms with van der Waals surface area (Å²) in [7, 11) is 0. The fraction of sp³-hybridized carbons (Fsp3) is 0.333. The second-order valence-corrected chi connectivity index (χ2v) is 5.01. The lowest BCUT2D eigenvalue weighted by Gasteiger charge is -2.02. The molecule has 1 amide bonds. The Morgan fingerprint density at radius 3 is 2.68 bits per heavy atom. The molecule has 1 N–H and O–H groups in total. The van der Waals surface area contributed by atoms with Gasteiger partial charge in [0.2, 0.25) is 5.88 Å². The number of carbonyl (C=O) groups is 1. The maximum atomic E-state index is 11.9. The van der Waals surface area contributed by atoms with Gasteiger partial charge in [0.1, 0.15) is 0 Å². The van der Waals surface area contributed by atoms with E-state index in [0.717, 1.165) is 10.6 Å². The Hall–Kier alpha value is -2.02. The number of aryl methyl sites for hydroxylation is 2. The SMILES string of the molecule is CCOc1ccc(C(=O)Nc2nc(C)c(C)s2)nn1. The summed E-state index contributed by atoms with van der Waals surface area (Å²) in [5.74, 6) is 0.0734. The molecule has 0 unspecified atom stereocenters. The lowest BCUT2D eigenvalue weighted by molar-refractivity contribution is 0.102. The molecule has 2 rings (SSSR count). The van der Waals surface area contributed by atoms with Gasteiger partial charge in [-0.15, -0.1) is 21.5 Å². The summed E-state index contributed by atoms with van der Waals surface area (Å²) in [5.41, 5.74) is 1.15. The van der Waals surface area contributed by atoms with Gasteiger partial charge in [-0.2, -0.15) is 0 Å². The van der Waals surface area contributed by atoms with Gasteiger partial charge in [0, 0.05) is 10.9 Å². The first-order chi connectivity index (χ1) is 9.10. The summed E-state index contributed by atoms with van der Waals surface area (Å²) in [6, 6.07) is 3.18. The third-order valence-electron chi connectivity index (χ3n) is 2.41. The van der Waals surface area contributed by atoms with Gasteiger partial charge in [-0.05, 0) is 26.8 Å². The minimum Gasteiger partial charge on any atom is -0.477 e. The van der Waals surface area contributed by atoms with Crippen LogP contribution in [0.2, 0.25) is 0 Å². The molecule has 0 saturated heterocycles. The quantitative estimate of drug-likeness (QED) is 0.927. The van der Waals surface area contributed by atoms with E-state index in [2.05, 4.69) is 20.5 Å². The Bertz CT molecular complexity index is 560. The average Bonchev–Trinajstić information content (AvgIpc) is 2.69. The summed E-state index contributed by atoms with van der Waals surface area (Å²) in [5, 5.41) is 10.9. The maximum absolute atomic E-state index is 11.9. The number of rotatable bonds is 4. The third-order valence-corrected chi connectivity index (χ3v) is 3.40. The van der Waals surface area contributed by atoms with Gasteiger partial charge in [-0.25, -0.2) is 4.98 Å². The van der Waals surface area contributed by atoms with Crippen molar-refractivity contribution in [2.45, 2.75) is 20.8 Å². The number of anilines is 1. The van der Waals surface area contributed by atoms with Crippen LogP contribution in [0.15, 0.2) is 12.1 Å². The molecule has 0 radical (unpaired) electrons. The highest BCUT2D eigenvalue weighted by Crippen LogP contribution is 2.21. The van der Waals surface area contributed by atoms with Crippen LogP contribution < -0.4 is 10.1 Å². The molecule has 0 spiro atoms.